The molecule has 0 aromatic heterocycles. The summed E-state index contributed by atoms with van der Waals surface area (Å²) in [6, 6.07) is 24.3. The van der Waals surface area contributed by atoms with Crippen LogP contribution in [0, 0.1) is 6.92 Å². The van der Waals surface area contributed by atoms with E-state index in [9.17, 15) is 14.4 Å². The molecule has 3 N–H and O–H groups in total. The van der Waals surface area contributed by atoms with E-state index in [1.165, 1.54) is 0 Å². The summed E-state index contributed by atoms with van der Waals surface area (Å²) in [5.41, 5.74) is 3.99. The van der Waals surface area contributed by atoms with Gasteiger partial charge in [-0.25, -0.2) is 9.59 Å². The molecule has 1 unspecified atom stereocenters. The Hall–Kier alpha value is -4.33. The number of unbranched alkanes of at least 4 members (excludes halogenated alkanes) is 1. The number of aryl methyl sites for hydroxylation is 1. The molecule has 0 saturated carbocycles. The maximum Gasteiger partial charge on any atom is 0.408 e. The molecule has 0 aliphatic heterocycles. The molecule has 0 spiro atoms. The minimum atomic E-state index is -0.818. The number of benzene rings is 3. The molecule has 40 heavy (non-hydrogen) atoms. The van der Waals surface area contributed by atoms with E-state index in [1.54, 1.807) is 20.8 Å². The molecule has 3 rings (SSSR count). The van der Waals surface area contributed by atoms with Crippen molar-refractivity contribution in [3.05, 3.63) is 90.0 Å². The average Bonchev–Trinajstić information content (AvgIpc) is 2.92. The molecule has 0 radical (unpaired) electrons. The van der Waals surface area contributed by atoms with Crippen molar-refractivity contribution in [3.8, 4) is 11.1 Å². The van der Waals surface area contributed by atoms with Crippen molar-refractivity contribution in [2.45, 2.75) is 65.2 Å². The van der Waals surface area contributed by atoms with Gasteiger partial charge in [-0.15, -0.1) is 0 Å². The van der Waals surface area contributed by atoms with Gasteiger partial charge in [-0.3, -0.25) is 4.79 Å². The van der Waals surface area contributed by atoms with Gasteiger partial charge in [0.2, 0.25) is 5.91 Å². The van der Waals surface area contributed by atoms with Gasteiger partial charge in [-0.1, -0.05) is 66.7 Å². The molecular weight excluding hydrogens is 506 g/mol. The van der Waals surface area contributed by atoms with Crippen molar-refractivity contribution in [2.75, 3.05) is 11.9 Å². The van der Waals surface area contributed by atoms with Crippen LogP contribution in [0.2, 0.25) is 0 Å². The van der Waals surface area contributed by atoms with Crippen molar-refractivity contribution in [2.24, 2.45) is 0 Å². The highest BCUT2D eigenvalue weighted by Gasteiger charge is 2.24. The van der Waals surface area contributed by atoms with Crippen LogP contribution in [0.3, 0.4) is 0 Å². The molecule has 8 nitrogen and oxygen atoms in total. The van der Waals surface area contributed by atoms with E-state index in [4.69, 9.17) is 9.47 Å². The SMILES string of the molecule is Cc1ccc(NC(=O)C(CCCCNC(=O)OCc2ccccc2)NC(=O)OC(C)(C)C)cc1-c1ccccc1. The first kappa shape index (κ1) is 30.2. The Morgan fingerprint density at radius 1 is 0.850 bits per heavy atom. The molecule has 3 aromatic carbocycles. The molecule has 0 bridgehead atoms. The van der Waals surface area contributed by atoms with E-state index < -0.39 is 23.8 Å². The second kappa shape index (κ2) is 14.7. The molecule has 1 atom stereocenters. The zero-order valence-electron chi connectivity index (χ0n) is 23.7. The van der Waals surface area contributed by atoms with Gasteiger partial charge < -0.3 is 25.4 Å². The largest absolute Gasteiger partial charge is 0.445 e. The Morgan fingerprint density at radius 2 is 1.52 bits per heavy atom. The van der Waals surface area contributed by atoms with Crippen molar-refractivity contribution in [1.82, 2.24) is 10.6 Å². The summed E-state index contributed by atoms with van der Waals surface area (Å²) in [4.78, 5) is 37.7. The van der Waals surface area contributed by atoms with Gasteiger partial charge >= 0.3 is 12.2 Å². The Labute approximate surface area is 236 Å². The van der Waals surface area contributed by atoms with Crippen LogP contribution in [-0.2, 0) is 20.9 Å². The van der Waals surface area contributed by atoms with Gasteiger partial charge in [-0.2, -0.15) is 0 Å². The van der Waals surface area contributed by atoms with E-state index in [1.807, 2.05) is 85.8 Å². The number of hydrogen-bond donors (Lipinski definition) is 3. The fourth-order valence-electron chi connectivity index (χ4n) is 4.01. The Bertz CT molecular complexity index is 1260. The fourth-order valence-corrected chi connectivity index (χ4v) is 4.01. The lowest BCUT2D eigenvalue weighted by molar-refractivity contribution is -0.118. The first-order chi connectivity index (χ1) is 19.1. The molecular formula is C32H39N3O5. The minimum Gasteiger partial charge on any atom is -0.445 e. The first-order valence-electron chi connectivity index (χ1n) is 13.5. The summed E-state index contributed by atoms with van der Waals surface area (Å²) in [5.74, 6) is -0.344. The third-order valence-corrected chi connectivity index (χ3v) is 6.00. The lowest BCUT2D eigenvalue weighted by Gasteiger charge is -2.23. The second-order valence-electron chi connectivity index (χ2n) is 10.6. The highest BCUT2D eigenvalue weighted by molar-refractivity contribution is 5.97. The Kier molecular flexibility index (Phi) is 11.1. The van der Waals surface area contributed by atoms with Gasteiger partial charge in [0.15, 0.2) is 0 Å². The summed E-state index contributed by atoms with van der Waals surface area (Å²) >= 11 is 0. The van der Waals surface area contributed by atoms with Crippen molar-refractivity contribution < 1.29 is 23.9 Å². The van der Waals surface area contributed by atoms with Gasteiger partial charge in [0, 0.05) is 12.2 Å². The smallest absolute Gasteiger partial charge is 0.408 e. The summed E-state index contributed by atoms with van der Waals surface area (Å²) in [7, 11) is 0. The maximum absolute atomic E-state index is 13.3. The molecule has 0 saturated heterocycles. The number of amides is 3. The quantitative estimate of drug-likeness (QED) is 0.236. The van der Waals surface area contributed by atoms with Crippen LogP contribution in [-0.4, -0.2) is 36.3 Å². The summed E-state index contributed by atoms with van der Waals surface area (Å²) < 4.78 is 10.6. The maximum atomic E-state index is 13.3. The summed E-state index contributed by atoms with van der Waals surface area (Å²) in [6.45, 7) is 7.89. The fraction of sp³-hybridized carbons (Fsp3) is 0.344. The number of rotatable bonds is 11. The van der Waals surface area contributed by atoms with E-state index >= 15 is 0 Å². The highest BCUT2D eigenvalue weighted by Crippen LogP contribution is 2.26. The molecule has 0 fully saturated rings. The van der Waals surface area contributed by atoms with Crippen LogP contribution in [0.5, 0.6) is 0 Å². The van der Waals surface area contributed by atoms with Gasteiger partial charge in [0.25, 0.3) is 0 Å². The van der Waals surface area contributed by atoms with Crippen LogP contribution < -0.4 is 16.0 Å². The first-order valence-corrected chi connectivity index (χ1v) is 13.5. The van der Waals surface area contributed by atoms with Crippen LogP contribution >= 0.6 is 0 Å². The number of ether oxygens (including phenoxy) is 2. The molecule has 212 valence electrons. The number of carbonyl (C=O) groups excluding carboxylic acids is 3. The van der Waals surface area contributed by atoms with Gasteiger partial charge in [0.1, 0.15) is 18.2 Å². The normalized spacial score (nSPS) is 11.7. The number of nitrogens with one attached hydrogen (secondary N) is 3. The third kappa shape index (κ3) is 10.4. The molecule has 0 heterocycles. The second-order valence-corrected chi connectivity index (χ2v) is 10.6. The molecule has 0 aliphatic carbocycles. The lowest BCUT2D eigenvalue weighted by Crippen LogP contribution is -2.45. The van der Waals surface area contributed by atoms with Gasteiger partial charge in [-0.05, 0) is 81.3 Å². The third-order valence-electron chi connectivity index (χ3n) is 6.00. The highest BCUT2D eigenvalue weighted by atomic mass is 16.6. The average molecular weight is 546 g/mol. The summed E-state index contributed by atoms with van der Waals surface area (Å²) in [5, 5.41) is 8.37. The molecule has 8 heteroatoms. The number of anilines is 1. The summed E-state index contributed by atoms with van der Waals surface area (Å²) in [6.07, 6.45) is 0.380. The monoisotopic (exact) mass is 545 g/mol. The molecule has 3 amide bonds. The minimum absolute atomic E-state index is 0.194. The van der Waals surface area contributed by atoms with E-state index in [0.717, 1.165) is 22.3 Å². The van der Waals surface area contributed by atoms with Crippen LogP contribution in [0.4, 0.5) is 15.3 Å². The number of hydrogen-bond acceptors (Lipinski definition) is 5. The zero-order chi connectivity index (χ0) is 29.0. The van der Waals surface area contributed by atoms with Crippen molar-refractivity contribution >= 4 is 23.8 Å². The lowest BCUT2D eigenvalue weighted by atomic mass is 10.00. The van der Waals surface area contributed by atoms with E-state index in [-0.39, 0.29) is 12.5 Å². The number of carbonyl (C=O) groups is 3. The molecule has 3 aromatic rings. The van der Waals surface area contributed by atoms with Crippen LogP contribution in [0.1, 0.15) is 51.2 Å². The van der Waals surface area contributed by atoms with E-state index in [0.29, 0.717) is 31.5 Å². The standard InChI is InChI=1S/C32H39N3O5/c1-23-18-19-26(21-27(23)25-15-9-6-10-16-25)34-29(36)28(35-31(38)40-32(2,3)4)17-11-12-20-33-30(37)39-22-24-13-7-5-8-14-24/h5-10,13-16,18-19,21,28H,11-12,17,20,22H2,1-4H3,(H,33,37)(H,34,36)(H,35,38). The molecule has 0 aliphatic rings. The number of alkyl carbamates (subject to hydrolysis) is 2. The predicted molar refractivity (Wildman–Crippen MR) is 157 cm³/mol. The Morgan fingerprint density at radius 3 is 2.20 bits per heavy atom. The van der Waals surface area contributed by atoms with Crippen molar-refractivity contribution in [1.29, 1.82) is 0 Å². The zero-order valence-corrected chi connectivity index (χ0v) is 23.7. The van der Waals surface area contributed by atoms with Crippen molar-refractivity contribution in [3.63, 3.8) is 0 Å². The van der Waals surface area contributed by atoms with Gasteiger partial charge in [0.05, 0.1) is 0 Å². The Balaban J connectivity index is 1.56. The topological polar surface area (TPSA) is 106 Å². The van der Waals surface area contributed by atoms with Crippen LogP contribution in [0.25, 0.3) is 11.1 Å². The van der Waals surface area contributed by atoms with Crippen LogP contribution in [0.15, 0.2) is 78.9 Å². The van der Waals surface area contributed by atoms with E-state index in [2.05, 4.69) is 16.0 Å². The predicted octanol–water partition coefficient (Wildman–Crippen LogP) is 6.59.